The van der Waals surface area contributed by atoms with Crippen molar-refractivity contribution < 1.29 is 0 Å². The molecule has 0 heterocycles. The van der Waals surface area contributed by atoms with E-state index in [9.17, 15) is 0 Å². The summed E-state index contributed by atoms with van der Waals surface area (Å²) >= 11 is 0. The van der Waals surface area contributed by atoms with Crippen LogP contribution in [-0.2, 0) is 0 Å². The Labute approximate surface area is 76.8 Å². The van der Waals surface area contributed by atoms with Gasteiger partial charge in [-0.25, -0.2) is 0 Å². The van der Waals surface area contributed by atoms with Crippen molar-refractivity contribution in [3.63, 3.8) is 0 Å². The van der Waals surface area contributed by atoms with Crippen molar-refractivity contribution in [2.45, 2.75) is 33.1 Å². The van der Waals surface area contributed by atoms with Crippen LogP contribution in [0.2, 0.25) is 0 Å². The first kappa shape index (κ1) is 11.3. The second kappa shape index (κ2) is 5.87. The molecule has 0 atom stereocenters. The predicted octanol–water partition coefficient (Wildman–Crippen LogP) is 3.20. The fourth-order valence-electron chi connectivity index (χ4n) is 0.996. The molecule has 0 rings (SSSR count). The molecule has 0 bridgehead atoms. The molecule has 0 saturated carbocycles. The predicted molar refractivity (Wildman–Crippen MR) is 56.1 cm³/mol. The summed E-state index contributed by atoms with van der Waals surface area (Å²) in [6.07, 6.45) is 3.35. The van der Waals surface area contributed by atoms with Gasteiger partial charge in [0.25, 0.3) is 0 Å². The summed E-state index contributed by atoms with van der Waals surface area (Å²) in [6, 6.07) is 0. The lowest BCUT2D eigenvalue weighted by molar-refractivity contribution is 0.405. The van der Waals surface area contributed by atoms with E-state index < -0.39 is 0 Å². The van der Waals surface area contributed by atoms with E-state index in [0.717, 1.165) is 19.4 Å². The fourth-order valence-corrected chi connectivity index (χ4v) is 0.996. The standard InChI is InChI=1S/C11H21N/c1-6-7-11(4)12(5)9-8-10(2)3/h2,4,6-9H2,1,3,5H3. The van der Waals surface area contributed by atoms with Gasteiger partial charge in [0.2, 0.25) is 0 Å². The molecule has 0 unspecified atom stereocenters. The minimum atomic E-state index is 1.05. The fraction of sp³-hybridized carbons (Fsp3) is 0.636. The van der Waals surface area contributed by atoms with Crippen LogP contribution in [0.1, 0.15) is 33.1 Å². The van der Waals surface area contributed by atoms with Crippen LogP contribution >= 0.6 is 0 Å². The van der Waals surface area contributed by atoms with Crippen molar-refractivity contribution in [2.75, 3.05) is 13.6 Å². The van der Waals surface area contributed by atoms with Gasteiger partial charge in [0.05, 0.1) is 0 Å². The minimum Gasteiger partial charge on any atom is -0.378 e. The zero-order chi connectivity index (χ0) is 9.56. The topological polar surface area (TPSA) is 3.24 Å². The highest BCUT2D eigenvalue weighted by Gasteiger charge is 1.99. The number of nitrogens with zero attached hydrogens (tertiary/aromatic N) is 1. The van der Waals surface area contributed by atoms with E-state index in [-0.39, 0.29) is 0 Å². The molecule has 70 valence electrons. The summed E-state index contributed by atoms with van der Waals surface area (Å²) in [4.78, 5) is 2.22. The van der Waals surface area contributed by atoms with Gasteiger partial charge in [0.15, 0.2) is 0 Å². The van der Waals surface area contributed by atoms with E-state index in [0.29, 0.717) is 0 Å². The first-order chi connectivity index (χ1) is 5.57. The molecule has 0 aliphatic heterocycles. The van der Waals surface area contributed by atoms with E-state index >= 15 is 0 Å². The van der Waals surface area contributed by atoms with Crippen molar-refractivity contribution in [3.8, 4) is 0 Å². The van der Waals surface area contributed by atoms with Crippen LogP contribution in [0.25, 0.3) is 0 Å². The molecule has 0 aromatic heterocycles. The lowest BCUT2D eigenvalue weighted by Gasteiger charge is -2.21. The summed E-state index contributed by atoms with van der Waals surface area (Å²) < 4.78 is 0. The lowest BCUT2D eigenvalue weighted by atomic mass is 10.2. The van der Waals surface area contributed by atoms with Crippen molar-refractivity contribution in [2.24, 2.45) is 0 Å². The van der Waals surface area contributed by atoms with Gasteiger partial charge in [-0.15, -0.1) is 6.58 Å². The summed E-state index contributed by atoms with van der Waals surface area (Å²) in [6.45, 7) is 13.2. The molecule has 0 amide bonds. The van der Waals surface area contributed by atoms with Gasteiger partial charge in [0, 0.05) is 19.3 Å². The molecule has 0 fully saturated rings. The highest BCUT2D eigenvalue weighted by Crippen LogP contribution is 2.08. The van der Waals surface area contributed by atoms with E-state index in [4.69, 9.17) is 0 Å². The van der Waals surface area contributed by atoms with Crippen molar-refractivity contribution in [3.05, 3.63) is 24.4 Å². The van der Waals surface area contributed by atoms with Gasteiger partial charge in [0.1, 0.15) is 0 Å². The van der Waals surface area contributed by atoms with Crippen molar-refractivity contribution >= 4 is 0 Å². The largest absolute Gasteiger partial charge is 0.378 e. The highest BCUT2D eigenvalue weighted by molar-refractivity contribution is 4.95. The van der Waals surface area contributed by atoms with Crippen LogP contribution in [0.15, 0.2) is 24.4 Å². The monoisotopic (exact) mass is 167 g/mol. The van der Waals surface area contributed by atoms with Crippen LogP contribution in [0.3, 0.4) is 0 Å². The van der Waals surface area contributed by atoms with Crippen molar-refractivity contribution in [1.82, 2.24) is 4.90 Å². The normalized spacial score (nSPS) is 9.58. The van der Waals surface area contributed by atoms with E-state index in [2.05, 4.69) is 39.0 Å². The molecule has 0 radical (unpaired) electrons. The molecule has 1 nitrogen and oxygen atoms in total. The van der Waals surface area contributed by atoms with E-state index in [1.54, 1.807) is 0 Å². The van der Waals surface area contributed by atoms with Gasteiger partial charge in [-0.2, -0.15) is 0 Å². The molecule has 0 aromatic rings. The van der Waals surface area contributed by atoms with Gasteiger partial charge in [-0.05, 0) is 19.8 Å². The lowest BCUT2D eigenvalue weighted by Crippen LogP contribution is -2.18. The number of allylic oxidation sites excluding steroid dienone is 1. The summed E-state index contributed by atoms with van der Waals surface area (Å²) in [5, 5.41) is 0. The molecular weight excluding hydrogens is 146 g/mol. The Morgan fingerprint density at radius 3 is 2.25 bits per heavy atom. The summed E-state index contributed by atoms with van der Waals surface area (Å²) in [5.41, 5.74) is 2.48. The SMILES string of the molecule is C=C(C)CCN(C)C(=C)CCC. The maximum atomic E-state index is 4.02. The van der Waals surface area contributed by atoms with Gasteiger partial charge < -0.3 is 4.90 Å². The maximum Gasteiger partial charge on any atom is 0.0208 e. The summed E-state index contributed by atoms with van der Waals surface area (Å²) in [5.74, 6) is 0. The Morgan fingerprint density at radius 2 is 1.83 bits per heavy atom. The second-order valence-electron chi connectivity index (χ2n) is 3.44. The van der Waals surface area contributed by atoms with Gasteiger partial charge >= 0.3 is 0 Å². The summed E-state index contributed by atoms with van der Waals surface area (Å²) in [7, 11) is 2.10. The molecular formula is C11H21N. The Balaban J connectivity index is 3.63. The Kier molecular flexibility index (Phi) is 5.52. The third kappa shape index (κ3) is 5.00. The van der Waals surface area contributed by atoms with Gasteiger partial charge in [-0.3, -0.25) is 0 Å². The van der Waals surface area contributed by atoms with E-state index in [1.807, 2.05) is 0 Å². The van der Waals surface area contributed by atoms with Gasteiger partial charge in [-0.1, -0.05) is 25.5 Å². The molecule has 0 aliphatic carbocycles. The third-order valence-corrected chi connectivity index (χ3v) is 1.95. The van der Waals surface area contributed by atoms with E-state index in [1.165, 1.54) is 17.7 Å². The number of hydrogen-bond donors (Lipinski definition) is 0. The zero-order valence-electron chi connectivity index (χ0n) is 8.69. The smallest absolute Gasteiger partial charge is 0.0208 e. The molecule has 0 spiro atoms. The average molecular weight is 167 g/mol. The minimum absolute atomic E-state index is 1.05. The van der Waals surface area contributed by atoms with Crippen LogP contribution in [0.5, 0.6) is 0 Å². The average Bonchev–Trinajstić information content (AvgIpc) is 2.00. The van der Waals surface area contributed by atoms with Crippen LogP contribution in [-0.4, -0.2) is 18.5 Å². The number of rotatable bonds is 6. The van der Waals surface area contributed by atoms with Crippen LogP contribution < -0.4 is 0 Å². The third-order valence-electron chi connectivity index (χ3n) is 1.95. The molecule has 12 heavy (non-hydrogen) atoms. The Bertz CT molecular complexity index is 158. The number of hydrogen-bond acceptors (Lipinski definition) is 1. The molecule has 1 heteroatoms. The van der Waals surface area contributed by atoms with Crippen LogP contribution in [0, 0.1) is 0 Å². The zero-order valence-corrected chi connectivity index (χ0v) is 8.69. The Hall–Kier alpha value is -0.720. The molecule has 0 N–H and O–H groups in total. The quantitative estimate of drug-likeness (QED) is 0.549. The molecule has 0 aromatic carbocycles. The Morgan fingerprint density at radius 1 is 1.25 bits per heavy atom. The molecule has 0 aliphatic rings. The first-order valence-corrected chi connectivity index (χ1v) is 4.61. The maximum absolute atomic E-state index is 4.02. The van der Waals surface area contributed by atoms with Crippen LogP contribution in [0.4, 0.5) is 0 Å². The second-order valence-corrected chi connectivity index (χ2v) is 3.44. The van der Waals surface area contributed by atoms with Crippen molar-refractivity contribution in [1.29, 1.82) is 0 Å². The highest BCUT2D eigenvalue weighted by atomic mass is 15.1. The first-order valence-electron chi connectivity index (χ1n) is 4.61. The molecule has 0 saturated heterocycles.